The minimum Gasteiger partial charge on any atom is -0.496 e. The van der Waals surface area contributed by atoms with Crippen molar-refractivity contribution in [1.82, 2.24) is 15.1 Å². The summed E-state index contributed by atoms with van der Waals surface area (Å²) in [6.07, 6.45) is 0.777. The van der Waals surface area contributed by atoms with E-state index in [2.05, 4.69) is 10.2 Å². The third-order valence-electron chi connectivity index (χ3n) is 3.85. The molecule has 2 aromatic rings. The average Bonchev–Trinajstić information content (AvgIpc) is 2.84. The molecule has 5 nitrogen and oxygen atoms in total. The normalized spacial score (nSPS) is 14.0. The van der Waals surface area contributed by atoms with Crippen molar-refractivity contribution in [3.05, 3.63) is 45.7 Å². The van der Waals surface area contributed by atoms with E-state index in [9.17, 15) is 4.79 Å². The number of methoxy groups -OCH3 is 1. The Bertz CT molecular complexity index is 677. The number of benzene rings is 1. The Morgan fingerprint density at radius 3 is 2.95 bits per heavy atom. The number of aromatic amines is 1. The maximum Gasteiger partial charge on any atom is 0.259 e. The number of nitrogens with zero attached hydrogens (tertiary/aromatic N) is 2. The Morgan fingerprint density at radius 1 is 1.48 bits per heavy atom. The monoisotopic (exact) mass is 305 g/mol. The number of carbonyl (C=O) groups is 1. The van der Waals surface area contributed by atoms with Crippen LogP contribution in [0.5, 0.6) is 5.75 Å². The van der Waals surface area contributed by atoms with Gasteiger partial charge in [0.2, 0.25) is 0 Å². The van der Waals surface area contributed by atoms with E-state index < -0.39 is 0 Å². The summed E-state index contributed by atoms with van der Waals surface area (Å²) in [4.78, 5) is 14.4. The Kier molecular flexibility index (Phi) is 3.59. The summed E-state index contributed by atoms with van der Waals surface area (Å²) in [5, 5.41) is 6.85. The van der Waals surface area contributed by atoms with Crippen molar-refractivity contribution < 1.29 is 9.53 Å². The van der Waals surface area contributed by atoms with E-state index in [4.69, 9.17) is 16.3 Å². The minimum atomic E-state index is -0.0836. The first kappa shape index (κ1) is 13.9. The smallest absolute Gasteiger partial charge is 0.259 e. The molecule has 1 N–H and O–H groups in total. The summed E-state index contributed by atoms with van der Waals surface area (Å²) >= 11 is 6.00. The highest BCUT2D eigenvalue weighted by molar-refractivity contribution is 6.32. The van der Waals surface area contributed by atoms with Gasteiger partial charge in [-0.1, -0.05) is 23.7 Å². The van der Waals surface area contributed by atoms with Crippen LogP contribution < -0.4 is 4.74 Å². The lowest BCUT2D eigenvalue weighted by atomic mass is 9.98. The number of halogens is 1. The fraction of sp³-hybridized carbons (Fsp3) is 0.333. The van der Waals surface area contributed by atoms with Crippen LogP contribution in [0.15, 0.2) is 18.2 Å². The molecule has 3 rings (SSSR count). The maximum absolute atomic E-state index is 12.6. The first-order valence-electron chi connectivity index (χ1n) is 6.76. The SMILES string of the molecule is COc1cccc2c1CCN(C(=O)c1c(Cl)n[nH]c1C)C2. The van der Waals surface area contributed by atoms with Crippen LogP contribution in [0.1, 0.15) is 27.2 Å². The van der Waals surface area contributed by atoms with E-state index in [0.29, 0.717) is 24.3 Å². The molecule has 1 aliphatic rings. The second-order valence-corrected chi connectivity index (χ2v) is 5.45. The first-order valence-corrected chi connectivity index (χ1v) is 7.14. The second-order valence-electron chi connectivity index (χ2n) is 5.09. The molecule has 6 heteroatoms. The number of aromatic nitrogens is 2. The molecule has 0 aliphatic carbocycles. The van der Waals surface area contributed by atoms with E-state index >= 15 is 0 Å². The Labute approximate surface area is 127 Å². The fourth-order valence-electron chi connectivity index (χ4n) is 2.75. The number of fused-ring (bicyclic) bond motifs is 1. The van der Waals surface area contributed by atoms with Crippen molar-refractivity contribution >= 4 is 17.5 Å². The van der Waals surface area contributed by atoms with Gasteiger partial charge in [-0.2, -0.15) is 5.10 Å². The molecular formula is C15H16ClN3O2. The van der Waals surface area contributed by atoms with E-state index in [-0.39, 0.29) is 11.1 Å². The molecule has 0 atom stereocenters. The van der Waals surface area contributed by atoms with E-state index in [1.54, 1.807) is 18.9 Å². The summed E-state index contributed by atoms with van der Waals surface area (Å²) in [7, 11) is 1.67. The van der Waals surface area contributed by atoms with Gasteiger partial charge in [0.25, 0.3) is 5.91 Å². The zero-order chi connectivity index (χ0) is 15.0. The molecule has 0 unspecified atom stereocenters. The van der Waals surface area contributed by atoms with Crippen molar-refractivity contribution in [2.75, 3.05) is 13.7 Å². The number of carbonyl (C=O) groups excluding carboxylic acids is 1. The minimum absolute atomic E-state index is 0.0836. The van der Waals surface area contributed by atoms with Crippen LogP contribution in [0, 0.1) is 6.92 Å². The Balaban J connectivity index is 1.88. The summed E-state index contributed by atoms with van der Waals surface area (Å²) < 4.78 is 5.38. The van der Waals surface area contributed by atoms with Crippen LogP contribution in [0.4, 0.5) is 0 Å². The molecule has 0 spiro atoms. The van der Waals surface area contributed by atoms with Crippen LogP contribution in [-0.4, -0.2) is 34.7 Å². The van der Waals surface area contributed by atoms with Crippen LogP contribution in [0.2, 0.25) is 5.15 Å². The van der Waals surface area contributed by atoms with Gasteiger partial charge in [0.15, 0.2) is 5.15 Å². The van der Waals surface area contributed by atoms with Crippen molar-refractivity contribution in [1.29, 1.82) is 0 Å². The largest absolute Gasteiger partial charge is 0.496 e. The van der Waals surface area contributed by atoms with Crippen LogP contribution >= 0.6 is 11.6 Å². The van der Waals surface area contributed by atoms with Crippen LogP contribution in [0.25, 0.3) is 0 Å². The van der Waals surface area contributed by atoms with Crippen molar-refractivity contribution in [3.8, 4) is 5.75 Å². The summed E-state index contributed by atoms with van der Waals surface area (Å²) in [5.74, 6) is 0.803. The molecule has 21 heavy (non-hydrogen) atoms. The molecule has 1 aliphatic heterocycles. The standard InChI is InChI=1S/C15H16ClN3O2/c1-9-13(14(16)18-17-9)15(20)19-7-6-11-10(8-19)4-3-5-12(11)21-2/h3-5H,6-8H2,1-2H3,(H,17,18). The molecule has 0 radical (unpaired) electrons. The molecule has 0 saturated carbocycles. The molecule has 1 aromatic heterocycles. The fourth-order valence-corrected chi connectivity index (χ4v) is 3.01. The number of amides is 1. The Hall–Kier alpha value is -2.01. The van der Waals surface area contributed by atoms with Crippen molar-refractivity contribution in [3.63, 3.8) is 0 Å². The summed E-state index contributed by atoms with van der Waals surface area (Å²) in [6.45, 7) is 3.01. The number of hydrogen-bond donors (Lipinski definition) is 1. The maximum atomic E-state index is 12.6. The predicted molar refractivity (Wildman–Crippen MR) is 79.8 cm³/mol. The van der Waals surface area contributed by atoms with Gasteiger partial charge in [-0.25, -0.2) is 0 Å². The molecule has 2 heterocycles. The van der Waals surface area contributed by atoms with Gasteiger partial charge < -0.3 is 9.64 Å². The van der Waals surface area contributed by atoms with Gasteiger partial charge in [0.1, 0.15) is 5.75 Å². The summed E-state index contributed by atoms with van der Waals surface area (Å²) in [5.41, 5.74) is 3.45. The van der Waals surface area contributed by atoms with Gasteiger partial charge in [-0.3, -0.25) is 9.89 Å². The molecule has 0 fully saturated rings. The number of rotatable bonds is 2. The highest BCUT2D eigenvalue weighted by atomic mass is 35.5. The van der Waals surface area contributed by atoms with Gasteiger partial charge in [0, 0.05) is 24.3 Å². The molecule has 0 bridgehead atoms. The zero-order valence-electron chi connectivity index (χ0n) is 11.9. The van der Waals surface area contributed by atoms with E-state index in [1.807, 2.05) is 18.2 Å². The topological polar surface area (TPSA) is 58.2 Å². The average molecular weight is 306 g/mol. The van der Waals surface area contributed by atoms with Crippen LogP contribution in [-0.2, 0) is 13.0 Å². The number of aryl methyl sites for hydroxylation is 1. The molecule has 110 valence electrons. The highest BCUT2D eigenvalue weighted by Crippen LogP contribution is 2.29. The lowest BCUT2D eigenvalue weighted by molar-refractivity contribution is 0.0733. The highest BCUT2D eigenvalue weighted by Gasteiger charge is 2.27. The molecule has 1 amide bonds. The zero-order valence-corrected chi connectivity index (χ0v) is 12.7. The summed E-state index contributed by atoms with van der Waals surface area (Å²) in [6, 6.07) is 5.93. The first-order chi connectivity index (χ1) is 10.1. The number of ether oxygens (including phenoxy) is 1. The molecular weight excluding hydrogens is 290 g/mol. The van der Waals surface area contributed by atoms with Crippen molar-refractivity contribution in [2.45, 2.75) is 19.9 Å². The van der Waals surface area contributed by atoms with Crippen LogP contribution in [0.3, 0.4) is 0 Å². The van der Waals surface area contributed by atoms with Crippen molar-refractivity contribution in [2.24, 2.45) is 0 Å². The third kappa shape index (κ3) is 2.38. The number of nitrogens with one attached hydrogen (secondary N) is 1. The van der Waals surface area contributed by atoms with E-state index in [1.165, 1.54) is 5.56 Å². The Morgan fingerprint density at radius 2 is 2.29 bits per heavy atom. The molecule has 0 saturated heterocycles. The van der Waals surface area contributed by atoms with E-state index in [0.717, 1.165) is 17.7 Å². The van der Waals surface area contributed by atoms with Gasteiger partial charge in [-0.05, 0) is 25.0 Å². The number of hydrogen-bond acceptors (Lipinski definition) is 3. The predicted octanol–water partition coefficient (Wildman–Crippen LogP) is 2.58. The lowest BCUT2D eigenvalue weighted by Gasteiger charge is -2.29. The van der Waals surface area contributed by atoms with Gasteiger partial charge >= 0.3 is 0 Å². The lowest BCUT2D eigenvalue weighted by Crippen LogP contribution is -2.36. The van der Waals surface area contributed by atoms with Gasteiger partial charge in [0.05, 0.1) is 12.7 Å². The molecule has 1 aromatic carbocycles. The third-order valence-corrected chi connectivity index (χ3v) is 4.12. The quantitative estimate of drug-likeness (QED) is 0.927. The number of H-pyrrole nitrogens is 1. The second kappa shape index (κ2) is 5.41. The van der Waals surface area contributed by atoms with Gasteiger partial charge in [-0.15, -0.1) is 0 Å².